The molecule has 0 spiro atoms. The maximum absolute atomic E-state index is 5.88. The number of nitrogens with two attached hydrogens (primary N) is 2. The molecule has 0 aromatic rings. The zero-order chi connectivity index (χ0) is 9.56. The standard InChI is InChI=1S/C9H23N3/c1-7(2)9(11)5-4-8(10)6-12-3/h7-9,12H,4-6,10-11H2,1-3H3. The SMILES string of the molecule is CNCC(N)CCC(N)C(C)C. The molecule has 5 N–H and O–H groups in total. The van der Waals surface area contributed by atoms with Crippen molar-refractivity contribution in [1.29, 1.82) is 0 Å². The largest absolute Gasteiger partial charge is 0.327 e. The summed E-state index contributed by atoms with van der Waals surface area (Å²) >= 11 is 0. The van der Waals surface area contributed by atoms with Crippen LogP contribution in [0.15, 0.2) is 0 Å². The van der Waals surface area contributed by atoms with Crippen molar-refractivity contribution >= 4 is 0 Å². The zero-order valence-corrected chi connectivity index (χ0v) is 8.51. The van der Waals surface area contributed by atoms with Crippen LogP contribution in [0.1, 0.15) is 26.7 Å². The summed E-state index contributed by atoms with van der Waals surface area (Å²) in [6.45, 7) is 5.17. The normalized spacial score (nSPS) is 16.5. The van der Waals surface area contributed by atoms with E-state index in [1.54, 1.807) is 0 Å². The molecule has 0 aliphatic carbocycles. The molecule has 0 amide bonds. The summed E-state index contributed by atoms with van der Waals surface area (Å²) in [4.78, 5) is 0. The van der Waals surface area contributed by atoms with Gasteiger partial charge in [0.05, 0.1) is 0 Å². The third-order valence-corrected chi connectivity index (χ3v) is 2.19. The first-order valence-electron chi connectivity index (χ1n) is 4.73. The van der Waals surface area contributed by atoms with Crippen LogP contribution in [0.5, 0.6) is 0 Å². The van der Waals surface area contributed by atoms with Gasteiger partial charge in [0.1, 0.15) is 0 Å². The van der Waals surface area contributed by atoms with Gasteiger partial charge < -0.3 is 16.8 Å². The molecule has 2 unspecified atom stereocenters. The molecule has 0 aliphatic rings. The molecule has 2 atom stereocenters. The molecule has 0 bridgehead atoms. The summed E-state index contributed by atoms with van der Waals surface area (Å²) in [7, 11) is 1.92. The van der Waals surface area contributed by atoms with E-state index in [-0.39, 0.29) is 6.04 Å². The lowest BCUT2D eigenvalue weighted by Gasteiger charge is -2.17. The molecule has 0 fully saturated rings. The number of likely N-dealkylation sites (N-methyl/N-ethyl adjacent to an activating group) is 1. The van der Waals surface area contributed by atoms with Gasteiger partial charge in [0.2, 0.25) is 0 Å². The van der Waals surface area contributed by atoms with Crippen LogP contribution >= 0.6 is 0 Å². The Balaban J connectivity index is 3.40. The van der Waals surface area contributed by atoms with Crippen LogP contribution in [0.2, 0.25) is 0 Å². The molecule has 0 saturated heterocycles. The number of rotatable bonds is 6. The molecule has 0 aromatic carbocycles. The van der Waals surface area contributed by atoms with Gasteiger partial charge in [0.15, 0.2) is 0 Å². The first-order chi connectivity index (χ1) is 5.57. The van der Waals surface area contributed by atoms with Gasteiger partial charge >= 0.3 is 0 Å². The molecule has 0 aromatic heterocycles. The van der Waals surface area contributed by atoms with Gasteiger partial charge in [-0.25, -0.2) is 0 Å². The zero-order valence-electron chi connectivity index (χ0n) is 8.51. The Bertz CT molecular complexity index is 104. The maximum Gasteiger partial charge on any atom is 0.0165 e. The molecule has 0 aliphatic heterocycles. The Morgan fingerprint density at radius 1 is 1.17 bits per heavy atom. The van der Waals surface area contributed by atoms with Crippen LogP contribution < -0.4 is 16.8 Å². The number of nitrogens with one attached hydrogen (secondary N) is 1. The molecule has 0 heterocycles. The maximum atomic E-state index is 5.88. The molecule has 3 heteroatoms. The van der Waals surface area contributed by atoms with Gasteiger partial charge in [-0.1, -0.05) is 13.8 Å². The van der Waals surface area contributed by atoms with Crippen molar-refractivity contribution in [2.45, 2.75) is 38.8 Å². The monoisotopic (exact) mass is 173 g/mol. The molecule has 0 saturated carbocycles. The second-order valence-electron chi connectivity index (χ2n) is 3.80. The van der Waals surface area contributed by atoms with Crippen LogP contribution in [0.4, 0.5) is 0 Å². The van der Waals surface area contributed by atoms with E-state index in [2.05, 4.69) is 19.2 Å². The lowest BCUT2D eigenvalue weighted by molar-refractivity contribution is 0.425. The van der Waals surface area contributed by atoms with Gasteiger partial charge in [-0.15, -0.1) is 0 Å². The molecule has 12 heavy (non-hydrogen) atoms. The van der Waals surface area contributed by atoms with Crippen LogP contribution in [-0.2, 0) is 0 Å². The third-order valence-electron chi connectivity index (χ3n) is 2.19. The topological polar surface area (TPSA) is 64.1 Å². The molecule has 3 nitrogen and oxygen atoms in total. The second-order valence-corrected chi connectivity index (χ2v) is 3.80. The quantitative estimate of drug-likeness (QED) is 0.541. The average Bonchev–Trinajstić information content (AvgIpc) is 2.00. The Hall–Kier alpha value is -0.120. The van der Waals surface area contributed by atoms with Gasteiger partial charge in [-0.3, -0.25) is 0 Å². The smallest absolute Gasteiger partial charge is 0.0165 e. The predicted octanol–water partition coefficient (Wildman–Crippen LogP) is 0.297. The van der Waals surface area contributed by atoms with E-state index in [0.717, 1.165) is 19.4 Å². The minimum absolute atomic E-state index is 0.250. The lowest BCUT2D eigenvalue weighted by atomic mass is 9.98. The summed E-state index contributed by atoms with van der Waals surface area (Å²) in [6.07, 6.45) is 2.04. The van der Waals surface area contributed by atoms with Crippen molar-refractivity contribution in [3.8, 4) is 0 Å². The summed E-state index contributed by atoms with van der Waals surface area (Å²) in [5.41, 5.74) is 11.7. The minimum Gasteiger partial charge on any atom is -0.327 e. The third kappa shape index (κ3) is 5.52. The van der Waals surface area contributed by atoms with E-state index in [4.69, 9.17) is 11.5 Å². The number of hydrogen-bond donors (Lipinski definition) is 3. The Morgan fingerprint density at radius 2 is 1.75 bits per heavy atom. The van der Waals surface area contributed by atoms with Crippen molar-refractivity contribution in [2.75, 3.05) is 13.6 Å². The summed E-state index contributed by atoms with van der Waals surface area (Å²) in [5, 5.41) is 3.05. The van der Waals surface area contributed by atoms with E-state index in [0.29, 0.717) is 12.0 Å². The fourth-order valence-electron chi connectivity index (χ4n) is 1.10. The van der Waals surface area contributed by atoms with Crippen molar-refractivity contribution in [2.24, 2.45) is 17.4 Å². The van der Waals surface area contributed by atoms with Crippen molar-refractivity contribution in [1.82, 2.24) is 5.32 Å². The van der Waals surface area contributed by atoms with Gasteiger partial charge in [0, 0.05) is 18.6 Å². The Labute approximate surface area is 75.9 Å². The van der Waals surface area contributed by atoms with Gasteiger partial charge in [-0.2, -0.15) is 0 Å². The Kier molecular flexibility index (Phi) is 6.34. The van der Waals surface area contributed by atoms with Crippen LogP contribution in [0.25, 0.3) is 0 Å². The predicted molar refractivity (Wildman–Crippen MR) is 53.9 cm³/mol. The van der Waals surface area contributed by atoms with Gasteiger partial charge in [0.25, 0.3) is 0 Å². The van der Waals surface area contributed by atoms with E-state index < -0.39 is 0 Å². The van der Waals surface area contributed by atoms with Crippen molar-refractivity contribution in [3.05, 3.63) is 0 Å². The van der Waals surface area contributed by atoms with Crippen LogP contribution in [0.3, 0.4) is 0 Å². The van der Waals surface area contributed by atoms with E-state index in [9.17, 15) is 0 Å². The highest BCUT2D eigenvalue weighted by Gasteiger charge is 2.09. The number of hydrogen-bond acceptors (Lipinski definition) is 3. The second kappa shape index (κ2) is 6.40. The van der Waals surface area contributed by atoms with E-state index in [1.165, 1.54) is 0 Å². The summed E-state index contributed by atoms with van der Waals surface area (Å²) in [5.74, 6) is 0.562. The van der Waals surface area contributed by atoms with Crippen molar-refractivity contribution in [3.63, 3.8) is 0 Å². The highest BCUT2D eigenvalue weighted by Crippen LogP contribution is 2.06. The molecular weight excluding hydrogens is 150 g/mol. The van der Waals surface area contributed by atoms with E-state index in [1.807, 2.05) is 7.05 Å². The lowest BCUT2D eigenvalue weighted by Crippen LogP contribution is -2.35. The molecule has 74 valence electrons. The van der Waals surface area contributed by atoms with Crippen LogP contribution in [0, 0.1) is 5.92 Å². The van der Waals surface area contributed by atoms with Crippen LogP contribution in [-0.4, -0.2) is 25.7 Å². The average molecular weight is 173 g/mol. The summed E-state index contributed by atoms with van der Waals surface area (Å²) < 4.78 is 0. The summed E-state index contributed by atoms with van der Waals surface area (Å²) in [6, 6.07) is 0.549. The highest BCUT2D eigenvalue weighted by molar-refractivity contribution is 4.70. The first-order valence-corrected chi connectivity index (χ1v) is 4.73. The molecular formula is C9H23N3. The Morgan fingerprint density at radius 3 is 2.17 bits per heavy atom. The first kappa shape index (κ1) is 11.9. The van der Waals surface area contributed by atoms with Crippen molar-refractivity contribution < 1.29 is 0 Å². The molecule has 0 radical (unpaired) electrons. The molecule has 0 rings (SSSR count). The fourth-order valence-corrected chi connectivity index (χ4v) is 1.10. The fraction of sp³-hybridized carbons (Fsp3) is 1.00. The minimum atomic E-state index is 0.250. The van der Waals surface area contributed by atoms with E-state index >= 15 is 0 Å². The highest BCUT2D eigenvalue weighted by atomic mass is 14.9. The van der Waals surface area contributed by atoms with Gasteiger partial charge in [-0.05, 0) is 25.8 Å².